The number of benzene rings is 2. The predicted molar refractivity (Wildman–Crippen MR) is 92.7 cm³/mol. The van der Waals surface area contributed by atoms with E-state index in [4.69, 9.17) is 14.2 Å². The van der Waals surface area contributed by atoms with Gasteiger partial charge in [-0.25, -0.2) is 4.79 Å². The van der Waals surface area contributed by atoms with Crippen LogP contribution in [0.5, 0.6) is 11.5 Å². The minimum atomic E-state index is -0.429. The topological polar surface area (TPSA) is 68.6 Å². The van der Waals surface area contributed by atoms with Gasteiger partial charge in [-0.2, -0.15) is 5.26 Å². The molecule has 126 valence electrons. The molecule has 1 atom stereocenters. The molecule has 1 aliphatic heterocycles. The molecule has 2 aromatic carbocycles. The minimum absolute atomic E-state index is 0.178. The van der Waals surface area contributed by atoms with Gasteiger partial charge in [-0.15, -0.1) is 0 Å². The molecule has 25 heavy (non-hydrogen) atoms. The van der Waals surface area contributed by atoms with Gasteiger partial charge >= 0.3 is 5.97 Å². The van der Waals surface area contributed by atoms with Crippen LogP contribution in [0.4, 0.5) is 0 Å². The third kappa shape index (κ3) is 2.94. The van der Waals surface area contributed by atoms with Crippen molar-refractivity contribution in [2.24, 2.45) is 0 Å². The first-order valence-electron chi connectivity index (χ1n) is 7.77. The second-order valence-electron chi connectivity index (χ2n) is 5.60. The van der Waals surface area contributed by atoms with Gasteiger partial charge in [0.05, 0.1) is 31.4 Å². The van der Waals surface area contributed by atoms with Crippen molar-refractivity contribution in [3.05, 3.63) is 64.7 Å². The standard InChI is InChI=1S/C20H17NO4/c1-12-9-16(19-14(11-21)5-4-6-18(19)23-2)15-10-13(20(22)24-3)7-8-17(15)25-12/h4-10,12H,1-3H3. The van der Waals surface area contributed by atoms with Crippen molar-refractivity contribution in [2.75, 3.05) is 14.2 Å². The fourth-order valence-electron chi connectivity index (χ4n) is 2.94. The number of methoxy groups -OCH3 is 2. The van der Waals surface area contributed by atoms with Gasteiger partial charge in [-0.3, -0.25) is 0 Å². The van der Waals surface area contributed by atoms with Crippen molar-refractivity contribution in [3.63, 3.8) is 0 Å². The molecule has 1 heterocycles. The lowest BCUT2D eigenvalue weighted by Crippen LogP contribution is -2.16. The Labute approximate surface area is 146 Å². The molecule has 0 amide bonds. The highest BCUT2D eigenvalue weighted by Gasteiger charge is 2.25. The van der Waals surface area contributed by atoms with Crippen LogP contribution in [0.25, 0.3) is 5.57 Å². The number of carbonyl (C=O) groups excluding carboxylic acids is 1. The number of esters is 1. The van der Waals surface area contributed by atoms with Crippen molar-refractivity contribution in [1.82, 2.24) is 0 Å². The number of nitrogens with zero attached hydrogens (tertiary/aromatic N) is 1. The lowest BCUT2D eigenvalue weighted by Gasteiger charge is -2.25. The van der Waals surface area contributed by atoms with Gasteiger partial charge in [0.25, 0.3) is 0 Å². The van der Waals surface area contributed by atoms with Crippen LogP contribution in [-0.2, 0) is 4.74 Å². The normalized spacial score (nSPS) is 15.3. The molecule has 2 aromatic rings. The van der Waals surface area contributed by atoms with Crippen LogP contribution in [0.2, 0.25) is 0 Å². The number of carbonyl (C=O) groups is 1. The molecule has 5 heteroatoms. The third-order valence-electron chi connectivity index (χ3n) is 4.04. The van der Waals surface area contributed by atoms with E-state index in [-0.39, 0.29) is 6.10 Å². The van der Waals surface area contributed by atoms with Crippen LogP contribution < -0.4 is 9.47 Å². The summed E-state index contributed by atoms with van der Waals surface area (Å²) in [5.41, 5.74) is 3.12. The molecular formula is C20H17NO4. The zero-order valence-corrected chi connectivity index (χ0v) is 14.2. The van der Waals surface area contributed by atoms with Gasteiger partial charge in [0, 0.05) is 11.1 Å². The average Bonchev–Trinajstić information content (AvgIpc) is 2.65. The van der Waals surface area contributed by atoms with Crippen molar-refractivity contribution >= 4 is 11.5 Å². The Kier molecular flexibility index (Phi) is 4.44. The van der Waals surface area contributed by atoms with E-state index in [0.29, 0.717) is 28.2 Å². The highest BCUT2D eigenvalue weighted by atomic mass is 16.5. The highest BCUT2D eigenvalue weighted by Crippen LogP contribution is 2.41. The average molecular weight is 335 g/mol. The van der Waals surface area contributed by atoms with Gasteiger partial charge in [0.1, 0.15) is 17.6 Å². The van der Waals surface area contributed by atoms with E-state index in [9.17, 15) is 10.1 Å². The van der Waals surface area contributed by atoms with Crippen LogP contribution in [0.15, 0.2) is 42.5 Å². The number of fused-ring (bicyclic) bond motifs is 1. The summed E-state index contributed by atoms with van der Waals surface area (Å²) in [6.07, 6.45) is 1.74. The van der Waals surface area contributed by atoms with Crippen molar-refractivity contribution in [3.8, 4) is 17.6 Å². The van der Waals surface area contributed by atoms with E-state index in [1.165, 1.54) is 7.11 Å². The molecular weight excluding hydrogens is 318 g/mol. The Morgan fingerprint density at radius 3 is 2.72 bits per heavy atom. The Balaban J connectivity index is 2.25. The van der Waals surface area contributed by atoms with Gasteiger partial charge in [0.2, 0.25) is 0 Å². The Morgan fingerprint density at radius 2 is 2.04 bits per heavy atom. The molecule has 0 saturated carbocycles. The summed E-state index contributed by atoms with van der Waals surface area (Å²) in [6.45, 7) is 1.92. The molecule has 0 saturated heterocycles. The maximum atomic E-state index is 11.9. The van der Waals surface area contributed by atoms with E-state index in [1.807, 2.05) is 13.0 Å². The first kappa shape index (κ1) is 16.6. The van der Waals surface area contributed by atoms with Gasteiger partial charge < -0.3 is 14.2 Å². The van der Waals surface area contributed by atoms with Gasteiger partial charge in [-0.1, -0.05) is 6.07 Å². The summed E-state index contributed by atoms with van der Waals surface area (Å²) >= 11 is 0. The zero-order chi connectivity index (χ0) is 18.0. The van der Waals surface area contributed by atoms with E-state index >= 15 is 0 Å². The number of hydrogen-bond acceptors (Lipinski definition) is 5. The molecule has 1 unspecified atom stereocenters. The quantitative estimate of drug-likeness (QED) is 0.802. The first-order valence-corrected chi connectivity index (χ1v) is 7.77. The number of rotatable bonds is 3. The molecule has 0 radical (unpaired) electrons. The van der Waals surface area contributed by atoms with Crippen molar-refractivity contribution in [2.45, 2.75) is 13.0 Å². The van der Waals surface area contributed by atoms with Crippen LogP contribution in [0, 0.1) is 11.3 Å². The first-order chi connectivity index (χ1) is 12.1. The van der Waals surface area contributed by atoms with Crippen molar-refractivity contribution < 1.29 is 19.0 Å². The molecule has 1 aliphatic rings. The summed E-state index contributed by atoms with van der Waals surface area (Å²) in [4.78, 5) is 11.9. The van der Waals surface area contributed by atoms with Crippen LogP contribution in [0.1, 0.15) is 34.0 Å². The Hall–Kier alpha value is -3.26. The molecule has 0 aromatic heterocycles. The van der Waals surface area contributed by atoms with Crippen molar-refractivity contribution in [1.29, 1.82) is 5.26 Å². The molecule has 0 N–H and O–H groups in total. The summed E-state index contributed by atoms with van der Waals surface area (Å²) in [5, 5.41) is 9.53. The summed E-state index contributed by atoms with van der Waals surface area (Å²) in [6, 6.07) is 12.6. The molecule has 0 aliphatic carbocycles. The predicted octanol–water partition coefficient (Wildman–Crippen LogP) is 3.57. The fraction of sp³-hybridized carbons (Fsp3) is 0.200. The Bertz CT molecular complexity index is 908. The zero-order valence-electron chi connectivity index (χ0n) is 14.2. The lowest BCUT2D eigenvalue weighted by atomic mass is 9.89. The second-order valence-corrected chi connectivity index (χ2v) is 5.60. The molecule has 5 nitrogen and oxygen atoms in total. The monoisotopic (exact) mass is 335 g/mol. The van der Waals surface area contributed by atoms with Crippen LogP contribution in [-0.4, -0.2) is 26.3 Å². The van der Waals surface area contributed by atoms with E-state index in [1.54, 1.807) is 43.5 Å². The summed E-state index contributed by atoms with van der Waals surface area (Å²) < 4.78 is 16.1. The SMILES string of the molecule is COC(=O)c1ccc2c(c1)C(c1c(C#N)cccc1OC)=CC(C)O2. The fourth-order valence-corrected chi connectivity index (χ4v) is 2.94. The van der Waals surface area contributed by atoms with E-state index < -0.39 is 5.97 Å². The van der Waals surface area contributed by atoms with E-state index in [0.717, 1.165) is 11.1 Å². The largest absolute Gasteiger partial charge is 0.496 e. The second kappa shape index (κ2) is 6.70. The van der Waals surface area contributed by atoms with Crippen LogP contribution in [0.3, 0.4) is 0 Å². The molecule has 0 fully saturated rings. The third-order valence-corrected chi connectivity index (χ3v) is 4.04. The molecule has 0 spiro atoms. The van der Waals surface area contributed by atoms with Gasteiger partial charge in [-0.05, 0) is 48.9 Å². The number of nitriles is 1. The molecule has 0 bridgehead atoms. The summed E-state index contributed by atoms with van der Waals surface area (Å²) in [5.74, 6) is 0.808. The van der Waals surface area contributed by atoms with E-state index in [2.05, 4.69) is 6.07 Å². The molecule has 3 rings (SSSR count). The summed E-state index contributed by atoms with van der Waals surface area (Å²) in [7, 11) is 2.90. The Morgan fingerprint density at radius 1 is 1.24 bits per heavy atom. The maximum absolute atomic E-state index is 11.9. The maximum Gasteiger partial charge on any atom is 0.337 e. The van der Waals surface area contributed by atoms with Crippen LogP contribution >= 0.6 is 0 Å². The lowest BCUT2D eigenvalue weighted by molar-refractivity contribution is 0.0600. The van der Waals surface area contributed by atoms with Gasteiger partial charge in [0.15, 0.2) is 0 Å². The minimum Gasteiger partial charge on any atom is -0.496 e. The number of hydrogen-bond donors (Lipinski definition) is 0. The highest BCUT2D eigenvalue weighted by molar-refractivity contribution is 5.94. The smallest absolute Gasteiger partial charge is 0.337 e. The number of ether oxygens (including phenoxy) is 3.